The summed E-state index contributed by atoms with van der Waals surface area (Å²) in [6.45, 7) is 23.6. The van der Waals surface area contributed by atoms with Gasteiger partial charge in [0.2, 0.25) is 0 Å². The maximum Gasteiger partial charge on any atom is 0.123 e. The summed E-state index contributed by atoms with van der Waals surface area (Å²) < 4.78 is 0. The van der Waals surface area contributed by atoms with Gasteiger partial charge >= 0.3 is 0 Å². The molecule has 1 aromatic rings. The molecule has 0 aliphatic carbocycles. The van der Waals surface area contributed by atoms with Gasteiger partial charge in [0.1, 0.15) is 5.75 Å². The van der Waals surface area contributed by atoms with Crippen LogP contribution >= 0.6 is 0 Å². The molecule has 26 heavy (non-hydrogen) atoms. The summed E-state index contributed by atoms with van der Waals surface area (Å²) in [5, 5.41) is 11.0. The number of hydrogen-bond donors (Lipinski definition) is 1. The lowest BCUT2D eigenvalue weighted by atomic mass is 9.77. The Morgan fingerprint density at radius 1 is 0.846 bits per heavy atom. The first-order valence-electron chi connectivity index (χ1n) is 10.2. The molecule has 1 aromatic carbocycles. The summed E-state index contributed by atoms with van der Waals surface area (Å²) in [5.74, 6) is 0.478. The first kappa shape index (κ1) is 21.3. The largest absolute Gasteiger partial charge is 0.507 e. The van der Waals surface area contributed by atoms with E-state index >= 15 is 0 Å². The monoisotopic (exact) mass is 359 g/mol. The Hall–Kier alpha value is -1.02. The van der Waals surface area contributed by atoms with E-state index < -0.39 is 0 Å². The smallest absolute Gasteiger partial charge is 0.123 e. The van der Waals surface area contributed by atoms with E-state index in [9.17, 15) is 5.11 Å². The van der Waals surface area contributed by atoms with Crippen molar-refractivity contribution in [2.24, 2.45) is 0 Å². The predicted molar refractivity (Wildman–Crippen MR) is 113 cm³/mol. The van der Waals surface area contributed by atoms with Crippen molar-refractivity contribution >= 4 is 0 Å². The molecule has 0 radical (unpaired) electrons. The van der Waals surface area contributed by atoms with Crippen LogP contribution in [0.5, 0.6) is 5.75 Å². The summed E-state index contributed by atoms with van der Waals surface area (Å²) in [4.78, 5) is 2.68. The fraction of sp³-hybridized carbons (Fsp3) is 0.750. The van der Waals surface area contributed by atoms with E-state index in [1.54, 1.807) is 0 Å². The van der Waals surface area contributed by atoms with E-state index in [1.165, 1.54) is 24.8 Å². The summed E-state index contributed by atoms with van der Waals surface area (Å²) in [7, 11) is 0. The van der Waals surface area contributed by atoms with Crippen molar-refractivity contribution in [3.05, 3.63) is 28.8 Å². The van der Waals surface area contributed by atoms with Crippen molar-refractivity contribution < 1.29 is 5.11 Å². The van der Waals surface area contributed by atoms with Gasteiger partial charge in [0.05, 0.1) is 0 Å². The Balaban J connectivity index is 2.56. The van der Waals surface area contributed by atoms with Crippen LogP contribution < -0.4 is 0 Å². The Kier molecular flexibility index (Phi) is 5.36. The zero-order valence-electron chi connectivity index (χ0n) is 18.9. The standard InChI is InChI=1S/C24H41NO/c1-21(2,3)18-14-17(15-19(20(18)26)22(4,5)6)16-25-23(7,8)12-11-13-24(25,9)10/h14-15,26H,11-13,16H2,1-10H3. The minimum atomic E-state index is -0.0764. The third-order valence-corrected chi connectivity index (χ3v) is 6.16. The molecule has 2 nitrogen and oxygen atoms in total. The van der Waals surface area contributed by atoms with E-state index in [-0.39, 0.29) is 21.9 Å². The van der Waals surface area contributed by atoms with E-state index in [1.807, 2.05) is 0 Å². The van der Waals surface area contributed by atoms with Gasteiger partial charge in [-0.05, 0) is 74.5 Å². The minimum absolute atomic E-state index is 0.0764. The Morgan fingerprint density at radius 3 is 1.58 bits per heavy atom. The molecule has 2 heteroatoms. The SMILES string of the molecule is CC(C)(C)c1cc(CN2C(C)(C)CCCC2(C)C)cc(C(C)(C)C)c1O. The number of phenolic OH excluding ortho intramolecular Hbond substituents is 1. The summed E-state index contributed by atoms with van der Waals surface area (Å²) in [6.07, 6.45) is 3.78. The van der Waals surface area contributed by atoms with Crippen LogP contribution in [-0.4, -0.2) is 21.1 Å². The highest BCUT2D eigenvalue weighted by Gasteiger charge is 2.41. The van der Waals surface area contributed by atoms with Gasteiger partial charge in [-0.1, -0.05) is 53.7 Å². The van der Waals surface area contributed by atoms with Gasteiger partial charge in [0, 0.05) is 17.6 Å². The normalized spacial score (nSPS) is 21.0. The van der Waals surface area contributed by atoms with Gasteiger partial charge in [-0.15, -0.1) is 0 Å². The zero-order valence-corrected chi connectivity index (χ0v) is 18.9. The molecule has 0 atom stereocenters. The average Bonchev–Trinajstić information content (AvgIpc) is 2.41. The number of likely N-dealkylation sites (tertiary alicyclic amines) is 1. The van der Waals surface area contributed by atoms with Gasteiger partial charge in [0.15, 0.2) is 0 Å². The summed E-state index contributed by atoms with van der Waals surface area (Å²) in [5.41, 5.74) is 3.69. The topological polar surface area (TPSA) is 23.5 Å². The Morgan fingerprint density at radius 2 is 1.23 bits per heavy atom. The molecule has 1 aliphatic rings. The number of aromatic hydroxyl groups is 1. The first-order chi connectivity index (χ1) is 11.6. The van der Waals surface area contributed by atoms with Crippen molar-refractivity contribution in [3.63, 3.8) is 0 Å². The van der Waals surface area contributed by atoms with E-state index in [0.29, 0.717) is 5.75 Å². The van der Waals surface area contributed by atoms with Crippen molar-refractivity contribution in [1.82, 2.24) is 4.90 Å². The van der Waals surface area contributed by atoms with Crippen molar-refractivity contribution in [1.29, 1.82) is 0 Å². The number of hydrogen-bond acceptors (Lipinski definition) is 2. The van der Waals surface area contributed by atoms with E-state index in [2.05, 4.69) is 86.3 Å². The second-order valence-corrected chi connectivity index (χ2v) is 11.6. The molecule has 148 valence electrons. The van der Waals surface area contributed by atoms with E-state index in [4.69, 9.17) is 0 Å². The first-order valence-corrected chi connectivity index (χ1v) is 10.2. The maximum absolute atomic E-state index is 11.0. The third kappa shape index (κ3) is 4.27. The molecule has 1 saturated heterocycles. The van der Waals surface area contributed by atoms with Crippen LogP contribution in [0.1, 0.15) is 105 Å². The highest BCUT2D eigenvalue weighted by atomic mass is 16.3. The second-order valence-electron chi connectivity index (χ2n) is 11.6. The highest BCUT2D eigenvalue weighted by Crippen LogP contribution is 2.43. The zero-order chi connectivity index (χ0) is 20.1. The van der Waals surface area contributed by atoms with Crippen LogP contribution in [0.25, 0.3) is 0 Å². The molecule has 1 heterocycles. The predicted octanol–water partition coefficient (Wildman–Crippen LogP) is 6.53. The quantitative estimate of drug-likeness (QED) is 0.649. The average molecular weight is 360 g/mol. The van der Waals surface area contributed by atoms with Crippen LogP contribution in [0.15, 0.2) is 12.1 Å². The van der Waals surface area contributed by atoms with Crippen molar-refractivity contribution in [2.75, 3.05) is 0 Å². The van der Waals surface area contributed by atoms with Crippen LogP contribution in [-0.2, 0) is 17.4 Å². The molecule has 0 unspecified atom stereocenters. The fourth-order valence-electron chi connectivity index (χ4n) is 4.58. The molecule has 0 saturated carbocycles. The molecular formula is C24H41NO. The summed E-state index contributed by atoms with van der Waals surface area (Å²) in [6, 6.07) is 4.48. The number of benzene rings is 1. The molecule has 0 amide bonds. The Bertz CT molecular complexity index is 605. The fourth-order valence-corrected chi connectivity index (χ4v) is 4.58. The lowest BCUT2D eigenvalue weighted by molar-refractivity contribution is -0.0341. The van der Waals surface area contributed by atoms with Gasteiger partial charge < -0.3 is 5.11 Å². The molecule has 0 spiro atoms. The molecule has 1 aliphatic heterocycles. The Labute approximate surface area is 162 Å². The minimum Gasteiger partial charge on any atom is -0.507 e. The lowest BCUT2D eigenvalue weighted by Gasteiger charge is -2.53. The van der Waals surface area contributed by atoms with Crippen molar-refractivity contribution in [3.8, 4) is 5.75 Å². The van der Waals surface area contributed by atoms with Crippen LogP contribution in [0, 0.1) is 0 Å². The number of piperidine rings is 1. The highest BCUT2D eigenvalue weighted by molar-refractivity contribution is 5.50. The number of phenols is 1. The van der Waals surface area contributed by atoms with Crippen LogP contribution in [0.4, 0.5) is 0 Å². The molecule has 0 aromatic heterocycles. The lowest BCUT2D eigenvalue weighted by Crippen LogP contribution is -2.57. The van der Waals surface area contributed by atoms with Gasteiger partial charge in [0.25, 0.3) is 0 Å². The third-order valence-electron chi connectivity index (χ3n) is 6.16. The summed E-state index contributed by atoms with van der Waals surface area (Å²) >= 11 is 0. The maximum atomic E-state index is 11.0. The van der Waals surface area contributed by atoms with Crippen LogP contribution in [0.3, 0.4) is 0 Å². The molecule has 2 rings (SSSR count). The van der Waals surface area contributed by atoms with Gasteiger partial charge in [-0.3, -0.25) is 4.90 Å². The van der Waals surface area contributed by atoms with Gasteiger partial charge in [-0.25, -0.2) is 0 Å². The molecule has 1 fully saturated rings. The van der Waals surface area contributed by atoms with Crippen molar-refractivity contribution in [2.45, 2.75) is 117 Å². The number of nitrogens with zero attached hydrogens (tertiary/aromatic N) is 1. The second kappa shape index (κ2) is 6.55. The van der Waals surface area contributed by atoms with Gasteiger partial charge in [-0.2, -0.15) is 0 Å². The van der Waals surface area contributed by atoms with E-state index in [0.717, 1.165) is 17.7 Å². The molecule has 0 bridgehead atoms. The molecule has 1 N–H and O–H groups in total. The van der Waals surface area contributed by atoms with Crippen LogP contribution in [0.2, 0.25) is 0 Å². The molecular weight excluding hydrogens is 318 g/mol. The number of rotatable bonds is 2.